The molecule has 1 amide bonds. The Morgan fingerprint density at radius 1 is 1.53 bits per heavy atom. The second-order valence-electron chi connectivity index (χ2n) is 3.46. The molecule has 4 nitrogen and oxygen atoms in total. The van der Waals surface area contributed by atoms with Gasteiger partial charge in [-0.2, -0.15) is 5.26 Å². The molecule has 1 unspecified atom stereocenters. The number of halogens is 1. The molecule has 0 aromatic heterocycles. The van der Waals surface area contributed by atoms with Crippen LogP contribution in [0.1, 0.15) is 13.3 Å². The summed E-state index contributed by atoms with van der Waals surface area (Å²) in [5.74, 6) is -0.126. The largest absolute Gasteiger partial charge is 0.368 e. The van der Waals surface area contributed by atoms with Crippen molar-refractivity contribution in [2.24, 2.45) is 0 Å². The normalized spacial score (nSPS) is 11.4. The van der Waals surface area contributed by atoms with Crippen molar-refractivity contribution in [2.75, 3.05) is 11.9 Å². The average molecular weight is 296 g/mol. The van der Waals surface area contributed by atoms with E-state index in [9.17, 15) is 4.79 Å². The summed E-state index contributed by atoms with van der Waals surface area (Å²) in [6, 6.07) is 9.04. The predicted octanol–water partition coefficient (Wildman–Crippen LogP) is 2.28. The van der Waals surface area contributed by atoms with E-state index in [-0.39, 0.29) is 12.3 Å². The lowest BCUT2D eigenvalue weighted by Gasteiger charge is -2.13. The van der Waals surface area contributed by atoms with Crippen LogP contribution in [0.4, 0.5) is 5.69 Å². The van der Waals surface area contributed by atoms with Crippen molar-refractivity contribution in [3.05, 3.63) is 28.7 Å². The van der Waals surface area contributed by atoms with Crippen LogP contribution in [0.2, 0.25) is 0 Å². The summed E-state index contributed by atoms with van der Waals surface area (Å²) in [6.07, 6.45) is 0.145. The van der Waals surface area contributed by atoms with E-state index in [1.807, 2.05) is 31.2 Å². The van der Waals surface area contributed by atoms with Gasteiger partial charge in [-0.25, -0.2) is 0 Å². The monoisotopic (exact) mass is 295 g/mol. The number of nitrogens with zero attached hydrogens (tertiary/aromatic N) is 1. The SMILES string of the molecule is CCNC(=O)CC(C#N)Nc1ccccc1Br. The lowest BCUT2D eigenvalue weighted by molar-refractivity contribution is -0.121. The van der Waals surface area contributed by atoms with E-state index >= 15 is 0 Å². The van der Waals surface area contributed by atoms with E-state index < -0.39 is 6.04 Å². The Bertz CT molecular complexity index is 428. The number of nitriles is 1. The fraction of sp³-hybridized carbons (Fsp3) is 0.333. The van der Waals surface area contributed by atoms with Crippen molar-refractivity contribution in [1.82, 2.24) is 5.32 Å². The molecule has 0 bridgehead atoms. The molecule has 0 radical (unpaired) electrons. The Morgan fingerprint density at radius 3 is 2.82 bits per heavy atom. The highest BCUT2D eigenvalue weighted by molar-refractivity contribution is 9.10. The van der Waals surface area contributed by atoms with E-state index in [1.54, 1.807) is 0 Å². The maximum Gasteiger partial charge on any atom is 0.223 e. The Balaban J connectivity index is 2.62. The molecule has 0 aliphatic carbocycles. The third-order valence-corrected chi connectivity index (χ3v) is 2.81. The van der Waals surface area contributed by atoms with Crippen LogP contribution in [0.3, 0.4) is 0 Å². The summed E-state index contributed by atoms with van der Waals surface area (Å²) in [6.45, 7) is 2.42. The highest BCUT2D eigenvalue weighted by Gasteiger charge is 2.13. The van der Waals surface area contributed by atoms with Gasteiger partial charge in [-0.15, -0.1) is 0 Å². The maximum atomic E-state index is 11.4. The molecule has 1 rings (SSSR count). The standard InChI is InChI=1S/C12H14BrN3O/c1-2-15-12(17)7-9(8-14)16-11-6-4-3-5-10(11)13/h3-6,9,16H,2,7H2,1H3,(H,15,17). The molecule has 0 heterocycles. The van der Waals surface area contributed by atoms with Crippen LogP contribution in [0.25, 0.3) is 0 Å². The summed E-state index contributed by atoms with van der Waals surface area (Å²) in [7, 11) is 0. The van der Waals surface area contributed by atoms with Crippen molar-refractivity contribution in [3.63, 3.8) is 0 Å². The minimum atomic E-state index is -0.528. The van der Waals surface area contributed by atoms with E-state index in [0.717, 1.165) is 10.2 Å². The van der Waals surface area contributed by atoms with Crippen molar-refractivity contribution in [2.45, 2.75) is 19.4 Å². The minimum Gasteiger partial charge on any atom is -0.368 e. The Labute approximate surface area is 109 Å². The number of anilines is 1. The molecule has 0 aliphatic rings. The van der Waals surface area contributed by atoms with Gasteiger partial charge in [0.05, 0.1) is 12.5 Å². The van der Waals surface area contributed by atoms with Gasteiger partial charge in [0.25, 0.3) is 0 Å². The van der Waals surface area contributed by atoms with Crippen molar-refractivity contribution < 1.29 is 4.79 Å². The zero-order valence-corrected chi connectivity index (χ0v) is 11.1. The van der Waals surface area contributed by atoms with Gasteiger partial charge in [-0.1, -0.05) is 12.1 Å². The fourth-order valence-electron chi connectivity index (χ4n) is 1.35. The second-order valence-corrected chi connectivity index (χ2v) is 4.32. The molecule has 0 saturated heterocycles. The van der Waals surface area contributed by atoms with E-state index in [4.69, 9.17) is 5.26 Å². The topological polar surface area (TPSA) is 64.9 Å². The third kappa shape index (κ3) is 4.45. The summed E-state index contributed by atoms with van der Waals surface area (Å²) in [4.78, 5) is 11.4. The molecule has 5 heteroatoms. The fourth-order valence-corrected chi connectivity index (χ4v) is 1.75. The van der Waals surface area contributed by atoms with Gasteiger partial charge in [0.1, 0.15) is 6.04 Å². The average Bonchev–Trinajstić information content (AvgIpc) is 2.31. The van der Waals surface area contributed by atoms with Crippen LogP contribution in [-0.4, -0.2) is 18.5 Å². The Morgan fingerprint density at radius 2 is 2.24 bits per heavy atom. The van der Waals surface area contributed by atoms with Crippen LogP contribution in [0, 0.1) is 11.3 Å². The summed E-state index contributed by atoms with van der Waals surface area (Å²) in [5, 5.41) is 14.7. The van der Waals surface area contributed by atoms with Crippen LogP contribution < -0.4 is 10.6 Å². The van der Waals surface area contributed by atoms with E-state index in [0.29, 0.717) is 6.54 Å². The molecule has 90 valence electrons. The molecule has 0 fully saturated rings. The third-order valence-electron chi connectivity index (χ3n) is 2.12. The number of hydrogen-bond donors (Lipinski definition) is 2. The first kappa shape index (κ1) is 13.5. The van der Waals surface area contributed by atoms with Gasteiger partial charge in [0.2, 0.25) is 5.91 Å². The van der Waals surface area contributed by atoms with Crippen LogP contribution in [0.5, 0.6) is 0 Å². The number of benzene rings is 1. The number of carbonyl (C=O) groups excluding carboxylic acids is 1. The molecule has 17 heavy (non-hydrogen) atoms. The maximum absolute atomic E-state index is 11.4. The lowest BCUT2D eigenvalue weighted by atomic mass is 10.2. The zero-order chi connectivity index (χ0) is 12.7. The molecule has 0 spiro atoms. The van der Waals surface area contributed by atoms with Gasteiger partial charge in [0, 0.05) is 16.7 Å². The molecular formula is C12H14BrN3O. The zero-order valence-electron chi connectivity index (χ0n) is 9.53. The Kier molecular flexibility index (Phi) is 5.50. The quantitative estimate of drug-likeness (QED) is 0.876. The molecule has 1 atom stereocenters. The van der Waals surface area contributed by atoms with Crippen molar-refractivity contribution in [1.29, 1.82) is 5.26 Å². The number of nitrogens with one attached hydrogen (secondary N) is 2. The highest BCUT2D eigenvalue weighted by atomic mass is 79.9. The van der Waals surface area contributed by atoms with Crippen molar-refractivity contribution in [3.8, 4) is 6.07 Å². The van der Waals surface area contributed by atoms with Gasteiger partial charge in [0.15, 0.2) is 0 Å². The van der Waals surface area contributed by atoms with Gasteiger partial charge in [-0.3, -0.25) is 4.79 Å². The van der Waals surface area contributed by atoms with Crippen LogP contribution >= 0.6 is 15.9 Å². The predicted molar refractivity (Wildman–Crippen MR) is 70.5 cm³/mol. The second kappa shape index (κ2) is 6.92. The molecule has 2 N–H and O–H groups in total. The smallest absolute Gasteiger partial charge is 0.223 e. The Hall–Kier alpha value is -1.54. The minimum absolute atomic E-state index is 0.126. The van der Waals surface area contributed by atoms with E-state index in [1.165, 1.54) is 0 Å². The molecule has 1 aromatic carbocycles. The molecule has 0 saturated carbocycles. The number of carbonyl (C=O) groups is 1. The molecule has 1 aromatic rings. The van der Waals surface area contributed by atoms with Crippen molar-refractivity contribution >= 4 is 27.5 Å². The van der Waals surface area contributed by atoms with E-state index in [2.05, 4.69) is 32.6 Å². The highest BCUT2D eigenvalue weighted by Crippen LogP contribution is 2.22. The van der Waals surface area contributed by atoms with Gasteiger partial charge < -0.3 is 10.6 Å². The number of hydrogen-bond acceptors (Lipinski definition) is 3. The molecule has 0 aliphatic heterocycles. The first-order valence-corrected chi connectivity index (χ1v) is 6.14. The first-order valence-electron chi connectivity index (χ1n) is 5.34. The van der Waals surface area contributed by atoms with Crippen LogP contribution in [-0.2, 0) is 4.79 Å². The first-order chi connectivity index (χ1) is 8.17. The summed E-state index contributed by atoms with van der Waals surface area (Å²) in [5.41, 5.74) is 0.809. The summed E-state index contributed by atoms with van der Waals surface area (Å²) >= 11 is 3.38. The lowest BCUT2D eigenvalue weighted by Crippen LogP contribution is -2.30. The molecular weight excluding hydrogens is 282 g/mol. The number of amides is 1. The van der Waals surface area contributed by atoms with Gasteiger partial charge >= 0.3 is 0 Å². The number of para-hydroxylation sites is 1. The summed E-state index contributed by atoms with van der Waals surface area (Å²) < 4.78 is 0.871. The van der Waals surface area contributed by atoms with Crippen LogP contribution in [0.15, 0.2) is 28.7 Å². The van der Waals surface area contributed by atoms with Gasteiger partial charge in [-0.05, 0) is 35.0 Å². The number of rotatable bonds is 5.